The minimum Gasteiger partial charge on any atom is -0.378 e. The number of ether oxygens (including phenoxy) is 1. The lowest BCUT2D eigenvalue weighted by atomic mass is 10.00. The zero-order valence-electron chi connectivity index (χ0n) is 9.75. The van der Waals surface area contributed by atoms with Crippen LogP contribution in [0.1, 0.15) is 21.5 Å². The highest BCUT2D eigenvalue weighted by Crippen LogP contribution is 2.12. The van der Waals surface area contributed by atoms with Crippen LogP contribution in [0.15, 0.2) is 18.2 Å². The second kappa shape index (κ2) is 4.76. The summed E-state index contributed by atoms with van der Waals surface area (Å²) in [4.78, 5) is 12.2. The second-order valence-corrected chi connectivity index (χ2v) is 4.32. The summed E-state index contributed by atoms with van der Waals surface area (Å²) >= 11 is 0. The number of aryl methyl sites for hydroxylation is 2. The summed E-state index contributed by atoms with van der Waals surface area (Å²) in [5.74, 6) is 0.131. The number of ketones is 1. The van der Waals surface area contributed by atoms with Crippen LogP contribution in [0, 0.1) is 13.8 Å². The van der Waals surface area contributed by atoms with E-state index < -0.39 is 0 Å². The van der Waals surface area contributed by atoms with E-state index in [9.17, 15) is 4.79 Å². The molecule has 1 aliphatic heterocycles. The Morgan fingerprint density at radius 2 is 2.00 bits per heavy atom. The largest absolute Gasteiger partial charge is 0.378 e. The first kappa shape index (κ1) is 11.3. The first-order chi connectivity index (χ1) is 7.66. The van der Waals surface area contributed by atoms with Crippen LogP contribution in [-0.2, 0) is 4.74 Å². The number of nitrogens with one attached hydrogen (secondary N) is 1. The summed E-state index contributed by atoms with van der Waals surface area (Å²) in [6, 6.07) is 5.76. The lowest BCUT2D eigenvalue weighted by Gasteiger charge is -2.22. The third-order valence-electron chi connectivity index (χ3n) is 2.74. The fourth-order valence-corrected chi connectivity index (χ4v) is 2.05. The van der Waals surface area contributed by atoms with Crippen LogP contribution in [0.4, 0.5) is 0 Å². The number of carbonyl (C=O) groups excluding carboxylic acids is 1. The lowest BCUT2D eigenvalue weighted by Crippen LogP contribution is -2.46. The third kappa shape index (κ3) is 2.49. The van der Waals surface area contributed by atoms with Crippen LogP contribution in [-0.4, -0.2) is 31.6 Å². The molecule has 1 aromatic carbocycles. The van der Waals surface area contributed by atoms with Gasteiger partial charge in [-0.15, -0.1) is 0 Å². The molecule has 86 valence electrons. The zero-order valence-corrected chi connectivity index (χ0v) is 9.75. The van der Waals surface area contributed by atoms with Gasteiger partial charge in [0, 0.05) is 12.1 Å². The first-order valence-corrected chi connectivity index (χ1v) is 5.60. The number of morpholine rings is 1. The summed E-state index contributed by atoms with van der Waals surface area (Å²) in [5.41, 5.74) is 3.03. The highest BCUT2D eigenvalue weighted by molar-refractivity contribution is 6.00. The molecule has 1 fully saturated rings. The number of Topliss-reactive ketones (excluding diaryl/α,β-unsaturated/α-hetero) is 1. The Hall–Kier alpha value is -1.19. The van der Waals surface area contributed by atoms with Gasteiger partial charge in [-0.3, -0.25) is 4.79 Å². The van der Waals surface area contributed by atoms with E-state index in [0.717, 1.165) is 23.2 Å². The van der Waals surface area contributed by atoms with Crippen LogP contribution >= 0.6 is 0 Å². The normalized spacial score (nSPS) is 20.8. The zero-order chi connectivity index (χ0) is 11.5. The molecule has 0 radical (unpaired) electrons. The maximum atomic E-state index is 12.2. The van der Waals surface area contributed by atoms with Crippen molar-refractivity contribution in [2.75, 3.05) is 19.8 Å². The number of hydrogen-bond donors (Lipinski definition) is 1. The molecule has 0 bridgehead atoms. The summed E-state index contributed by atoms with van der Waals surface area (Å²) in [6.07, 6.45) is 0. The molecule has 3 nitrogen and oxygen atoms in total. The molecule has 1 heterocycles. The van der Waals surface area contributed by atoms with Crippen molar-refractivity contribution in [3.63, 3.8) is 0 Å². The Kier molecular flexibility index (Phi) is 3.36. The molecule has 0 saturated carbocycles. The van der Waals surface area contributed by atoms with Gasteiger partial charge in [-0.25, -0.2) is 0 Å². The quantitative estimate of drug-likeness (QED) is 0.766. The van der Waals surface area contributed by atoms with E-state index in [-0.39, 0.29) is 11.8 Å². The maximum absolute atomic E-state index is 12.2. The summed E-state index contributed by atoms with van der Waals surface area (Å²) in [5, 5.41) is 3.18. The van der Waals surface area contributed by atoms with Gasteiger partial charge in [-0.05, 0) is 26.0 Å². The molecule has 1 N–H and O–H groups in total. The van der Waals surface area contributed by atoms with Crippen LogP contribution in [0.3, 0.4) is 0 Å². The molecular formula is C13H17NO2. The standard InChI is InChI=1S/C13H17NO2/c1-9-5-10(2)7-11(6-9)13(15)12-8-16-4-3-14-12/h5-7,12,14H,3-4,8H2,1-2H3. The van der Waals surface area contributed by atoms with Crippen LogP contribution in [0.5, 0.6) is 0 Å². The monoisotopic (exact) mass is 219 g/mol. The molecule has 16 heavy (non-hydrogen) atoms. The molecule has 2 rings (SSSR count). The predicted molar refractivity (Wildman–Crippen MR) is 62.9 cm³/mol. The fraction of sp³-hybridized carbons (Fsp3) is 0.462. The van der Waals surface area contributed by atoms with Crippen LogP contribution in [0.25, 0.3) is 0 Å². The van der Waals surface area contributed by atoms with Crippen molar-refractivity contribution in [1.82, 2.24) is 5.32 Å². The molecule has 0 aromatic heterocycles. The number of hydrogen-bond acceptors (Lipinski definition) is 3. The highest BCUT2D eigenvalue weighted by Gasteiger charge is 2.22. The molecule has 0 spiro atoms. The van der Waals surface area contributed by atoms with Crippen molar-refractivity contribution in [1.29, 1.82) is 0 Å². The fourth-order valence-electron chi connectivity index (χ4n) is 2.05. The van der Waals surface area contributed by atoms with Gasteiger partial charge in [-0.1, -0.05) is 17.2 Å². The average molecular weight is 219 g/mol. The molecule has 1 aliphatic rings. The third-order valence-corrected chi connectivity index (χ3v) is 2.74. The van der Waals surface area contributed by atoms with Gasteiger partial charge in [0.25, 0.3) is 0 Å². The van der Waals surface area contributed by atoms with E-state index in [1.165, 1.54) is 0 Å². The second-order valence-electron chi connectivity index (χ2n) is 4.32. The number of rotatable bonds is 2. The van der Waals surface area contributed by atoms with E-state index in [2.05, 4.69) is 11.4 Å². The molecular weight excluding hydrogens is 202 g/mol. The number of benzene rings is 1. The van der Waals surface area contributed by atoms with Gasteiger partial charge in [0.2, 0.25) is 0 Å². The van der Waals surface area contributed by atoms with Gasteiger partial charge < -0.3 is 10.1 Å². The molecule has 1 saturated heterocycles. The van der Waals surface area contributed by atoms with Crippen molar-refractivity contribution in [3.8, 4) is 0 Å². The van der Waals surface area contributed by atoms with E-state index in [1.54, 1.807) is 0 Å². The Morgan fingerprint density at radius 3 is 2.56 bits per heavy atom. The molecule has 0 aliphatic carbocycles. The van der Waals surface area contributed by atoms with Crippen LogP contribution < -0.4 is 5.32 Å². The van der Waals surface area contributed by atoms with Crippen molar-refractivity contribution in [3.05, 3.63) is 34.9 Å². The minimum atomic E-state index is -0.185. The summed E-state index contributed by atoms with van der Waals surface area (Å²) in [6.45, 7) is 5.94. The molecule has 1 aromatic rings. The van der Waals surface area contributed by atoms with Crippen molar-refractivity contribution >= 4 is 5.78 Å². The highest BCUT2D eigenvalue weighted by atomic mass is 16.5. The molecule has 0 amide bonds. The van der Waals surface area contributed by atoms with E-state index in [1.807, 2.05) is 26.0 Å². The molecule has 1 unspecified atom stereocenters. The first-order valence-electron chi connectivity index (χ1n) is 5.60. The average Bonchev–Trinajstić information content (AvgIpc) is 2.28. The van der Waals surface area contributed by atoms with Crippen molar-refractivity contribution in [2.24, 2.45) is 0 Å². The van der Waals surface area contributed by atoms with Gasteiger partial charge in [0.1, 0.15) is 0 Å². The van der Waals surface area contributed by atoms with E-state index >= 15 is 0 Å². The van der Waals surface area contributed by atoms with Gasteiger partial charge >= 0.3 is 0 Å². The van der Waals surface area contributed by atoms with Gasteiger partial charge in [0.15, 0.2) is 5.78 Å². The minimum absolute atomic E-state index is 0.131. The Labute approximate surface area is 95.8 Å². The Morgan fingerprint density at radius 1 is 1.31 bits per heavy atom. The predicted octanol–water partition coefficient (Wildman–Crippen LogP) is 1.47. The van der Waals surface area contributed by atoms with E-state index in [0.29, 0.717) is 13.2 Å². The van der Waals surface area contributed by atoms with Crippen molar-refractivity contribution < 1.29 is 9.53 Å². The van der Waals surface area contributed by atoms with Crippen molar-refractivity contribution in [2.45, 2.75) is 19.9 Å². The Bertz CT molecular complexity index is 375. The SMILES string of the molecule is Cc1cc(C)cc(C(=O)C2COCCN2)c1. The Balaban J connectivity index is 2.19. The number of carbonyl (C=O) groups is 1. The molecule has 3 heteroatoms. The topological polar surface area (TPSA) is 38.3 Å². The summed E-state index contributed by atoms with van der Waals surface area (Å²) < 4.78 is 5.30. The maximum Gasteiger partial charge on any atom is 0.182 e. The van der Waals surface area contributed by atoms with Gasteiger partial charge in [-0.2, -0.15) is 0 Å². The molecule has 1 atom stereocenters. The van der Waals surface area contributed by atoms with Gasteiger partial charge in [0.05, 0.1) is 19.3 Å². The van der Waals surface area contributed by atoms with E-state index in [4.69, 9.17) is 4.74 Å². The smallest absolute Gasteiger partial charge is 0.182 e. The lowest BCUT2D eigenvalue weighted by molar-refractivity contribution is 0.0607. The van der Waals surface area contributed by atoms with Crippen LogP contribution in [0.2, 0.25) is 0 Å². The summed E-state index contributed by atoms with van der Waals surface area (Å²) in [7, 11) is 0.